The van der Waals surface area contributed by atoms with Crippen LogP contribution in [0.15, 0.2) is 11.1 Å². The maximum Gasteiger partial charge on any atom is 0.342 e. The molecule has 1 aliphatic rings. The fourth-order valence-electron chi connectivity index (χ4n) is 1.67. The van der Waals surface area contributed by atoms with Gasteiger partial charge in [0.05, 0.1) is 6.61 Å². The Kier molecular flexibility index (Phi) is 4.68. The van der Waals surface area contributed by atoms with E-state index in [4.69, 9.17) is 9.84 Å². The molecule has 1 rings (SSSR count). The molecule has 0 saturated carbocycles. The highest BCUT2D eigenvalue weighted by Gasteiger charge is 2.29. The normalized spacial score (nSPS) is 15.9. The quantitative estimate of drug-likeness (QED) is 0.546. The van der Waals surface area contributed by atoms with Crippen molar-refractivity contribution in [2.24, 2.45) is 5.92 Å². The van der Waals surface area contributed by atoms with E-state index in [2.05, 4.69) is 13.8 Å². The highest BCUT2D eigenvalue weighted by molar-refractivity contribution is 6.19. The van der Waals surface area contributed by atoms with E-state index in [9.17, 15) is 9.59 Å². The van der Waals surface area contributed by atoms with Crippen molar-refractivity contribution in [1.29, 1.82) is 0 Å². The van der Waals surface area contributed by atoms with Crippen molar-refractivity contribution in [1.82, 2.24) is 0 Å². The Morgan fingerprint density at radius 1 is 1.50 bits per heavy atom. The Morgan fingerprint density at radius 3 is 2.75 bits per heavy atom. The van der Waals surface area contributed by atoms with E-state index < -0.39 is 5.97 Å². The van der Waals surface area contributed by atoms with E-state index >= 15 is 0 Å². The van der Waals surface area contributed by atoms with Crippen molar-refractivity contribution in [3.63, 3.8) is 0 Å². The molecule has 0 aliphatic carbocycles. The zero-order valence-electron chi connectivity index (χ0n) is 9.78. The van der Waals surface area contributed by atoms with Crippen LogP contribution in [0.4, 0.5) is 0 Å². The second-order valence-corrected chi connectivity index (χ2v) is 4.42. The van der Waals surface area contributed by atoms with Gasteiger partial charge in [-0.05, 0) is 12.3 Å². The predicted octanol–water partition coefficient (Wildman–Crippen LogP) is 1.23. The van der Waals surface area contributed by atoms with Crippen molar-refractivity contribution >= 4 is 11.8 Å². The maximum absolute atomic E-state index is 11.7. The molecule has 16 heavy (non-hydrogen) atoms. The standard InChI is InChI=1S/C12H18O4/c1-8(2)4-3-5-10(14)11-9(6-13)7-16-12(11)15/h8,13H,3-7H2,1-2H3. The number of rotatable bonds is 6. The van der Waals surface area contributed by atoms with Gasteiger partial charge in [0.1, 0.15) is 12.2 Å². The number of esters is 1. The van der Waals surface area contributed by atoms with Gasteiger partial charge in [0, 0.05) is 12.0 Å². The van der Waals surface area contributed by atoms with Crippen molar-refractivity contribution in [3.8, 4) is 0 Å². The number of carbonyl (C=O) groups is 2. The summed E-state index contributed by atoms with van der Waals surface area (Å²) >= 11 is 0. The van der Waals surface area contributed by atoms with Gasteiger partial charge in [-0.3, -0.25) is 4.79 Å². The highest BCUT2D eigenvalue weighted by atomic mass is 16.5. The molecule has 1 aliphatic heterocycles. The first kappa shape index (κ1) is 12.9. The smallest absolute Gasteiger partial charge is 0.342 e. The van der Waals surface area contributed by atoms with Gasteiger partial charge in [-0.2, -0.15) is 0 Å². The molecule has 0 radical (unpaired) electrons. The summed E-state index contributed by atoms with van der Waals surface area (Å²) in [4.78, 5) is 23.0. The summed E-state index contributed by atoms with van der Waals surface area (Å²) in [5.74, 6) is -0.236. The molecular formula is C12H18O4. The maximum atomic E-state index is 11.7. The summed E-state index contributed by atoms with van der Waals surface area (Å²) in [6, 6.07) is 0. The highest BCUT2D eigenvalue weighted by Crippen LogP contribution is 2.19. The Balaban J connectivity index is 2.55. The van der Waals surface area contributed by atoms with Crippen LogP contribution in [0.25, 0.3) is 0 Å². The number of ether oxygens (including phenoxy) is 1. The molecule has 0 bridgehead atoms. The molecule has 0 aromatic carbocycles. The van der Waals surface area contributed by atoms with Crippen LogP contribution in [0.5, 0.6) is 0 Å². The predicted molar refractivity (Wildman–Crippen MR) is 58.8 cm³/mol. The van der Waals surface area contributed by atoms with Gasteiger partial charge in [-0.1, -0.05) is 20.3 Å². The van der Waals surface area contributed by atoms with Crippen LogP contribution in [-0.4, -0.2) is 30.1 Å². The number of aliphatic hydroxyl groups is 1. The van der Waals surface area contributed by atoms with Gasteiger partial charge < -0.3 is 9.84 Å². The molecule has 0 atom stereocenters. The van der Waals surface area contributed by atoms with E-state index in [1.54, 1.807) is 0 Å². The largest absolute Gasteiger partial charge is 0.457 e. The minimum atomic E-state index is -0.585. The molecule has 1 N–H and O–H groups in total. The first-order valence-corrected chi connectivity index (χ1v) is 5.59. The van der Waals surface area contributed by atoms with Crippen LogP contribution in [0.2, 0.25) is 0 Å². The van der Waals surface area contributed by atoms with E-state index in [-0.39, 0.29) is 24.6 Å². The number of cyclic esters (lactones) is 1. The molecule has 0 aromatic heterocycles. The molecule has 0 amide bonds. The second kappa shape index (κ2) is 5.80. The Bertz CT molecular complexity index is 315. The molecule has 1 heterocycles. The summed E-state index contributed by atoms with van der Waals surface area (Å²) in [5, 5.41) is 8.97. The second-order valence-electron chi connectivity index (χ2n) is 4.42. The molecule has 4 heteroatoms. The number of hydrogen-bond acceptors (Lipinski definition) is 4. The third-order valence-electron chi connectivity index (χ3n) is 2.59. The van der Waals surface area contributed by atoms with Gasteiger partial charge in [-0.25, -0.2) is 4.79 Å². The number of hydrogen-bond donors (Lipinski definition) is 1. The van der Waals surface area contributed by atoms with Gasteiger partial charge in [0.15, 0.2) is 5.78 Å². The lowest BCUT2D eigenvalue weighted by atomic mass is 9.99. The molecule has 4 nitrogen and oxygen atoms in total. The summed E-state index contributed by atoms with van der Waals surface area (Å²) in [5.41, 5.74) is 0.491. The van der Waals surface area contributed by atoms with Crippen LogP contribution < -0.4 is 0 Å². The average Bonchev–Trinajstić information content (AvgIpc) is 2.58. The summed E-state index contributed by atoms with van der Waals surface area (Å²) in [6.45, 7) is 3.96. The topological polar surface area (TPSA) is 63.6 Å². The monoisotopic (exact) mass is 226 g/mol. The zero-order chi connectivity index (χ0) is 12.1. The van der Waals surface area contributed by atoms with Crippen molar-refractivity contribution in [3.05, 3.63) is 11.1 Å². The third-order valence-corrected chi connectivity index (χ3v) is 2.59. The first-order chi connectivity index (χ1) is 7.56. The molecule has 0 saturated heterocycles. The molecule has 0 spiro atoms. The van der Waals surface area contributed by atoms with Crippen LogP contribution in [0, 0.1) is 5.92 Å². The van der Waals surface area contributed by atoms with Crippen LogP contribution >= 0.6 is 0 Å². The first-order valence-electron chi connectivity index (χ1n) is 5.59. The van der Waals surface area contributed by atoms with Crippen LogP contribution in [-0.2, 0) is 14.3 Å². The number of aliphatic hydroxyl groups excluding tert-OH is 1. The molecule has 90 valence electrons. The van der Waals surface area contributed by atoms with Crippen molar-refractivity contribution in [2.45, 2.75) is 33.1 Å². The Morgan fingerprint density at radius 2 is 2.19 bits per heavy atom. The summed E-state index contributed by atoms with van der Waals surface area (Å²) < 4.78 is 4.72. The number of Topliss-reactive ketones (excluding diaryl/α,β-unsaturated/α-hetero) is 1. The average molecular weight is 226 g/mol. The van der Waals surface area contributed by atoms with Crippen molar-refractivity contribution in [2.75, 3.05) is 13.2 Å². The van der Waals surface area contributed by atoms with E-state index in [0.29, 0.717) is 17.9 Å². The Labute approximate surface area is 95.3 Å². The van der Waals surface area contributed by atoms with Gasteiger partial charge >= 0.3 is 5.97 Å². The van der Waals surface area contributed by atoms with Crippen LogP contribution in [0.1, 0.15) is 33.1 Å². The van der Waals surface area contributed by atoms with Gasteiger partial charge in [0.25, 0.3) is 0 Å². The minimum Gasteiger partial charge on any atom is -0.457 e. The van der Waals surface area contributed by atoms with Crippen molar-refractivity contribution < 1.29 is 19.4 Å². The van der Waals surface area contributed by atoms with E-state index in [1.807, 2.05) is 0 Å². The summed E-state index contributed by atoms with van der Waals surface area (Å²) in [6.07, 6.45) is 2.08. The lowest BCUT2D eigenvalue weighted by Crippen LogP contribution is -2.12. The van der Waals surface area contributed by atoms with E-state index in [0.717, 1.165) is 12.8 Å². The lowest BCUT2D eigenvalue weighted by Gasteiger charge is -2.04. The molecular weight excluding hydrogens is 208 g/mol. The molecule has 0 unspecified atom stereocenters. The Hall–Kier alpha value is -1.16. The SMILES string of the molecule is CC(C)CCCC(=O)C1=C(CO)COC1=O. The fourth-order valence-corrected chi connectivity index (χ4v) is 1.67. The van der Waals surface area contributed by atoms with Crippen LogP contribution in [0.3, 0.4) is 0 Å². The van der Waals surface area contributed by atoms with Gasteiger partial charge in [-0.15, -0.1) is 0 Å². The minimum absolute atomic E-state index is 0.0561. The number of ketones is 1. The van der Waals surface area contributed by atoms with E-state index in [1.165, 1.54) is 0 Å². The molecule has 0 aromatic rings. The number of carbonyl (C=O) groups excluding carboxylic acids is 2. The zero-order valence-corrected chi connectivity index (χ0v) is 9.78. The lowest BCUT2D eigenvalue weighted by molar-refractivity contribution is -0.137. The van der Waals surface area contributed by atoms with Gasteiger partial charge in [0.2, 0.25) is 0 Å². The summed E-state index contributed by atoms with van der Waals surface area (Å²) in [7, 11) is 0. The molecule has 0 fully saturated rings. The third kappa shape index (κ3) is 3.17. The fraction of sp³-hybridized carbons (Fsp3) is 0.667.